The second kappa shape index (κ2) is 2.19. The Morgan fingerprint density at radius 2 is 2.55 bits per heavy atom. The summed E-state index contributed by atoms with van der Waals surface area (Å²) in [4.78, 5) is 3.89. The van der Waals surface area contributed by atoms with Gasteiger partial charge in [-0.1, -0.05) is 10.3 Å². The predicted octanol–water partition coefficient (Wildman–Crippen LogP) is 0.437. The molecule has 0 bridgehead atoms. The van der Waals surface area contributed by atoms with E-state index in [1.165, 1.54) is 12.4 Å². The van der Waals surface area contributed by atoms with E-state index in [2.05, 4.69) is 15.3 Å². The number of aromatic nitrogens is 1. The molecule has 0 unspecified atom stereocenters. The lowest BCUT2D eigenvalue weighted by Crippen LogP contribution is -2.08. The Kier molecular flexibility index (Phi) is 1.21. The van der Waals surface area contributed by atoms with Crippen LogP contribution >= 0.6 is 0 Å². The first-order valence-electron chi connectivity index (χ1n) is 3.07. The number of aliphatic imine (C=N–C) groups is 1. The van der Waals surface area contributed by atoms with E-state index in [0.717, 1.165) is 0 Å². The zero-order valence-electron chi connectivity index (χ0n) is 5.56. The molecular formula is C6H5N3O2. The van der Waals surface area contributed by atoms with Gasteiger partial charge >= 0.3 is 0 Å². The van der Waals surface area contributed by atoms with Crippen molar-refractivity contribution in [3.63, 3.8) is 0 Å². The number of nitrogens with zero attached hydrogens (tertiary/aromatic N) is 3. The zero-order valence-corrected chi connectivity index (χ0v) is 5.56. The summed E-state index contributed by atoms with van der Waals surface area (Å²) in [5, 5.41) is 15.1. The van der Waals surface area contributed by atoms with Gasteiger partial charge < -0.3 is 9.73 Å². The number of rotatable bonds is 0. The van der Waals surface area contributed by atoms with Gasteiger partial charge in [-0.25, -0.2) is 0 Å². The minimum absolute atomic E-state index is 0.396. The third kappa shape index (κ3) is 0.813. The first-order chi connectivity index (χ1) is 5.42. The average Bonchev–Trinajstić information content (AvgIpc) is 2.50. The van der Waals surface area contributed by atoms with Crippen molar-refractivity contribution < 1.29 is 9.73 Å². The maximum atomic E-state index is 8.48. The van der Waals surface area contributed by atoms with Crippen LogP contribution in [0.2, 0.25) is 0 Å². The third-order valence-corrected chi connectivity index (χ3v) is 1.48. The third-order valence-electron chi connectivity index (χ3n) is 1.48. The highest BCUT2D eigenvalue weighted by atomic mass is 16.5. The summed E-state index contributed by atoms with van der Waals surface area (Å²) in [7, 11) is 0. The molecule has 1 aromatic heterocycles. The summed E-state index contributed by atoms with van der Waals surface area (Å²) in [5.41, 5.74) is 1.11. The Morgan fingerprint density at radius 3 is 3.36 bits per heavy atom. The van der Waals surface area contributed by atoms with Crippen LogP contribution in [0.5, 0.6) is 0 Å². The molecule has 5 heteroatoms. The summed E-state index contributed by atoms with van der Waals surface area (Å²) in [5.74, 6) is 0.639. The molecule has 0 saturated heterocycles. The van der Waals surface area contributed by atoms with Crippen molar-refractivity contribution in [1.29, 1.82) is 0 Å². The van der Waals surface area contributed by atoms with Crippen molar-refractivity contribution in [3.05, 3.63) is 17.5 Å². The molecule has 11 heavy (non-hydrogen) atoms. The molecule has 0 saturated carbocycles. The van der Waals surface area contributed by atoms with E-state index in [1.807, 2.05) is 0 Å². The zero-order chi connectivity index (χ0) is 7.68. The summed E-state index contributed by atoms with van der Waals surface area (Å²) < 4.78 is 4.83. The molecule has 1 aliphatic heterocycles. The fourth-order valence-corrected chi connectivity index (χ4v) is 0.951. The van der Waals surface area contributed by atoms with Gasteiger partial charge in [0.05, 0.1) is 18.0 Å². The van der Waals surface area contributed by atoms with Gasteiger partial charge in [0, 0.05) is 0 Å². The van der Waals surface area contributed by atoms with Crippen molar-refractivity contribution in [3.8, 4) is 0 Å². The van der Waals surface area contributed by atoms with E-state index in [4.69, 9.17) is 9.73 Å². The second-order valence-corrected chi connectivity index (χ2v) is 2.12. The molecular weight excluding hydrogens is 146 g/mol. The lowest BCUT2D eigenvalue weighted by Gasteiger charge is -2.00. The summed E-state index contributed by atoms with van der Waals surface area (Å²) in [6, 6.07) is 0. The highest BCUT2D eigenvalue weighted by Gasteiger charge is 2.16. The normalized spacial score (nSPS) is 18.7. The van der Waals surface area contributed by atoms with Crippen LogP contribution in [-0.2, 0) is 6.54 Å². The first kappa shape index (κ1) is 6.09. The van der Waals surface area contributed by atoms with Gasteiger partial charge in [0.2, 0.25) is 0 Å². The van der Waals surface area contributed by atoms with Crippen molar-refractivity contribution in [2.45, 2.75) is 6.54 Å². The molecule has 0 aromatic carbocycles. The Labute approximate surface area is 62.0 Å². The summed E-state index contributed by atoms with van der Waals surface area (Å²) in [6.45, 7) is 0.467. The van der Waals surface area contributed by atoms with Gasteiger partial charge in [0.15, 0.2) is 5.76 Å². The Balaban J connectivity index is 2.55. The largest absolute Gasteiger partial charge is 0.410 e. The maximum absolute atomic E-state index is 8.48. The molecule has 1 aliphatic rings. The molecule has 0 amide bonds. The van der Waals surface area contributed by atoms with E-state index in [0.29, 0.717) is 23.6 Å². The van der Waals surface area contributed by atoms with E-state index < -0.39 is 0 Å². The van der Waals surface area contributed by atoms with Gasteiger partial charge in [-0.05, 0) is 0 Å². The van der Waals surface area contributed by atoms with Crippen molar-refractivity contribution >= 4 is 11.9 Å². The topological polar surface area (TPSA) is 71.0 Å². The summed E-state index contributed by atoms with van der Waals surface area (Å²) in [6.07, 6.45) is 3.00. The molecule has 0 fully saturated rings. The average molecular weight is 151 g/mol. The Bertz CT molecular complexity index is 326. The highest BCUT2D eigenvalue weighted by Crippen LogP contribution is 2.13. The van der Waals surface area contributed by atoms with Gasteiger partial charge in [0.25, 0.3) is 0 Å². The van der Waals surface area contributed by atoms with Crippen LogP contribution in [0.1, 0.15) is 11.3 Å². The quantitative estimate of drug-likeness (QED) is 0.432. The molecule has 2 rings (SSSR count). The smallest absolute Gasteiger partial charge is 0.167 e. The van der Waals surface area contributed by atoms with Crippen LogP contribution in [0.25, 0.3) is 0 Å². The van der Waals surface area contributed by atoms with Gasteiger partial charge in [0.1, 0.15) is 12.3 Å². The van der Waals surface area contributed by atoms with E-state index in [-0.39, 0.29) is 0 Å². The first-order valence-corrected chi connectivity index (χ1v) is 3.07. The number of fused-ring (bicyclic) bond motifs is 1. The van der Waals surface area contributed by atoms with Gasteiger partial charge in [-0.2, -0.15) is 0 Å². The molecule has 0 spiro atoms. The Hall–Kier alpha value is -1.65. The number of hydrogen-bond donors (Lipinski definition) is 1. The van der Waals surface area contributed by atoms with Crippen LogP contribution in [0.4, 0.5) is 0 Å². The Morgan fingerprint density at radius 1 is 1.64 bits per heavy atom. The summed E-state index contributed by atoms with van der Waals surface area (Å²) >= 11 is 0. The van der Waals surface area contributed by atoms with Crippen molar-refractivity contribution in [2.24, 2.45) is 10.1 Å². The molecule has 56 valence electrons. The van der Waals surface area contributed by atoms with E-state index in [9.17, 15) is 0 Å². The number of oxime groups is 1. The minimum atomic E-state index is 0.396. The molecule has 1 N–H and O–H groups in total. The van der Waals surface area contributed by atoms with Crippen LogP contribution in [0, 0.1) is 0 Å². The predicted molar refractivity (Wildman–Crippen MR) is 37.0 cm³/mol. The van der Waals surface area contributed by atoms with E-state index in [1.54, 1.807) is 0 Å². The monoisotopic (exact) mass is 151 g/mol. The minimum Gasteiger partial charge on any atom is -0.410 e. The van der Waals surface area contributed by atoms with Crippen LogP contribution in [0.3, 0.4) is 0 Å². The molecule has 5 nitrogen and oxygen atoms in total. The lowest BCUT2D eigenvalue weighted by atomic mass is 10.1. The molecule has 1 aromatic rings. The van der Waals surface area contributed by atoms with Gasteiger partial charge in [-0.3, -0.25) is 4.99 Å². The van der Waals surface area contributed by atoms with E-state index >= 15 is 0 Å². The molecule has 2 heterocycles. The van der Waals surface area contributed by atoms with Crippen LogP contribution in [0.15, 0.2) is 20.9 Å². The van der Waals surface area contributed by atoms with Crippen molar-refractivity contribution in [1.82, 2.24) is 5.16 Å². The molecule has 0 atom stereocenters. The fraction of sp³-hybridized carbons (Fsp3) is 0.167. The SMILES string of the molecule is ON=C1C=NCc2oncc21. The second-order valence-electron chi connectivity index (χ2n) is 2.12. The number of hydrogen-bond acceptors (Lipinski definition) is 5. The molecule has 0 aliphatic carbocycles. The van der Waals surface area contributed by atoms with Crippen LogP contribution in [-0.4, -0.2) is 22.3 Å². The van der Waals surface area contributed by atoms with Crippen molar-refractivity contribution in [2.75, 3.05) is 0 Å². The maximum Gasteiger partial charge on any atom is 0.167 e. The molecule has 0 radical (unpaired) electrons. The standard InChI is InChI=1S/C6H5N3O2/c10-9-5-2-7-3-6-4(5)1-8-11-6/h1-2,10H,3H2. The fourth-order valence-electron chi connectivity index (χ4n) is 0.951. The lowest BCUT2D eigenvalue weighted by molar-refractivity contribution is 0.320. The highest BCUT2D eigenvalue weighted by molar-refractivity contribution is 6.38. The van der Waals surface area contributed by atoms with Gasteiger partial charge in [-0.15, -0.1) is 0 Å². The van der Waals surface area contributed by atoms with Crippen LogP contribution < -0.4 is 0 Å².